The maximum atomic E-state index is 9.30. The van der Waals surface area contributed by atoms with Crippen LogP contribution in [-0.2, 0) is 6.42 Å². The van der Waals surface area contributed by atoms with Crippen molar-refractivity contribution in [2.75, 3.05) is 0 Å². The highest BCUT2D eigenvalue weighted by molar-refractivity contribution is 5.40. The van der Waals surface area contributed by atoms with Gasteiger partial charge in [0.2, 0.25) is 0 Å². The van der Waals surface area contributed by atoms with Gasteiger partial charge in [-0.2, -0.15) is 0 Å². The number of aromatic hydroxyl groups is 2. The van der Waals surface area contributed by atoms with Gasteiger partial charge in [0.1, 0.15) is 0 Å². The van der Waals surface area contributed by atoms with Gasteiger partial charge in [-0.3, -0.25) is 0 Å². The second-order valence-corrected chi connectivity index (χ2v) is 4.42. The summed E-state index contributed by atoms with van der Waals surface area (Å²) in [6.45, 7) is 4.27. The van der Waals surface area contributed by atoms with Crippen LogP contribution in [0.3, 0.4) is 0 Å². The molecular weight excluding hydrogens is 190 g/mol. The molecule has 0 saturated heterocycles. The van der Waals surface area contributed by atoms with Crippen LogP contribution in [0.1, 0.15) is 25.8 Å². The van der Waals surface area contributed by atoms with Crippen LogP contribution in [-0.4, -0.2) is 16.3 Å². The molecule has 4 N–H and O–H groups in total. The molecular formula is C12H19NO2. The van der Waals surface area contributed by atoms with Gasteiger partial charge in [-0.05, 0) is 36.5 Å². The molecule has 0 aliphatic rings. The minimum Gasteiger partial charge on any atom is -0.504 e. The molecule has 1 atom stereocenters. The predicted octanol–water partition coefficient (Wildman–Crippen LogP) is 2.01. The summed E-state index contributed by atoms with van der Waals surface area (Å²) in [4.78, 5) is 0. The van der Waals surface area contributed by atoms with Crippen LogP contribution in [0.5, 0.6) is 11.5 Å². The van der Waals surface area contributed by atoms with Crippen molar-refractivity contribution in [1.29, 1.82) is 0 Å². The zero-order valence-electron chi connectivity index (χ0n) is 9.27. The topological polar surface area (TPSA) is 66.5 Å². The Hall–Kier alpha value is -1.22. The Bertz CT molecular complexity index is 323. The van der Waals surface area contributed by atoms with Gasteiger partial charge in [-0.15, -0.1) is 0 Å². The normalized spacial score (nSPS) is 13.1. The molecule has 0 amide bonds. The fraction of sp³-hybridized carbons (Fsp3) is 0.500. The summed E-state index contributed by atoms with van der Waals surface area (Å²) in [5.74, 6) is 0.408. The van der Waals surface area contributed by atoms with Crippen LogP contribution in [0.2, 0.25) is 0 Å². The molecule has 0 aliphatic carbocycles. The molecule has 0 aliphatic heterocycles. The Morgan fingerprint density at radius 3 is 2.40 bits per heavy atom. The minimum atomic E-state index is -0.0869. The molecule has 0 aromatic heterocycles. The molecule has 15 heavy (non-hydrogen) atoms. The summed E-state index contributed by atoms with van der Waals surface area (Å²) >= 11 is 0. The Kier molecular flexibility index (Phi) is 3.97. The van der Waals surface area contributed by atoms with Crippen LogP contribution in [0.4, 0.5) is 0 Å². The van der Waals surface area contributed by atoms with Gasteiger partial charge < -0.3 is 15.9 Å². The van der Waals surface area contributed by atoms with Crippen molar-refractivity contribution >= 4 is 0 Å². The molecule has 84 valence electrons. The molecule has 0 heterocycles. The van der Waals surface area contributed by atoms with Gasteiger partial charge in [0, 0.05) is 6.04 Å². The fourth-order valence-electron chi connectivity index (χ4n) is 1.69. The number of hydrogen-bond acceptors (Lipinski definition) is 3. The van der Waals surface area contributed by atoms with Crippen LogP contribution < -0.4 is 5.73 Å². The van der Waals surface area contributed by atoms with Gasteiger partial charge in [0.25, 0.3) is 0 Å². The lowest BCUT2D eigenvalue weighted by Crippen LogP contribution is -2.24. The quantitative estimate of drug-likeness (QED) is 0.664. The van der Waals surface area contributed by atoms with E-state index in [2.05, 4.69) is 13.8 Å². The third-order valence-electron chi connectivity index (χ3n) is 2.31. The second-order valence-electron chi connectivity index (χ2n) is 4.42. The maximum absolute atomic E-state index is 9.30. The molecule has 0 fully saturated rings. The number of phenols is 2. The Morgan fingerprint density at radius 2 is 1.87 bits per heavy atom. The third-order valence-corrected chi connectivity index (χ3v) is 2.31. The largest absolute Gasteiger partial charge is 0.504 e. The molecule has 1 aromatic rings. The van der Waals surface area contributed by atoms with Gasteiger partial charge in [0.05, 0.1) is 0 Å². The minimum absolute atomic E-state index is 0.0794. The van der Waals surface area contributed by atoms with Crippen molar-refractivity contribution in [2.24, 2.45) is 11.7 Å². The lowest BCUT2D eigenvalue weighted by atomic mass is 9.98. The highest BCUT2D eigenvalue weighted by Crippen LogP contribution is 2.25. The van der Waals surface area contributed by atoms with Gasteiger partial charge in [-0.1, -0.05) is 19.9 Å². The first-order valence-electron chi connectivity index (χ1n) is 5.25. The first kappa shape index (κ1) is 11.9. The summed E-state index contributed by atoms with van der Waals surface area (Å²) in [6.07, 6.45) is 1.69. The van der Waals surface area contributed by atoms with E-state index in [-0.39, 0.29) is 17.5 Å². The lowest BCUT2D eigenvalue weighted by molar-refractivity contribution is 0.402. The Morgan fingerprint density at radius 1 is 1.20 bits per heavy atom. The number of hydrogen-bond donors (Lipinski definition) is 3. The molecule has 3 heteroatoms. The maximum Gasteiger partial charge on any atom is 0.157 e. The highest BCUT2D eigenvalue weighted by Gasteiger charge is 2.08. The molecule has 1 aromatic carbocycles. The van der Waals surface area contributed by atoms with E-state index in [1.165, 1.54) is 6.07 Å². The van der Waals surface area contributed by atoms with Crippen molar-refractivity contribution in [3.05, 3.63) is 23.8 Å². The second kappa shape index (κ2) is 5.03. The van der Waals surface area contributed by atoms with Gasteiger partial charge in [0.15, 0.2) is 11.5 Å². The lowest BCUT2D eigenvalue weighted by Gasteiger charge is -2.14. The first-order chi connectivity index (χ1) is 6.99. The number of benzene rings is 1. The van der Waals surface area contributed by atoms with Gasteiger partial charge >= 0.3 is 0 Å². The van der Waals surface area contributed by atoms with E-state index >= 15 is 0 Å². The van der Waals surface area contributed by atoms with Crippen molar-refractivity contribution < 1.29 is 10.2 Å². The molecule has 3 nitrogen and oxygen atoms in total. The van der Waals surface area contributed by atoms with E-state index in [4.69, 9.17) is 10.8 Å². The number of phenolic OH excluding ortho intramolecular Hbond substituents is 2. The average Bonchev–Trinajstić information content (AvgIpc) is 2.10. The van der Waals surface area contributed by atoms with Crippen molar-refractivity contribution in [2.45, 2.75) is 32.7 Å². The SMILES string of the molecule is CC(C)CC(N)Cc1ccc(O)c(O)c1. The summed E-state index contributed by atoms with van der Waals surface area (Å²) in [6, 6.07) is 4.95. The van der Waals surface area contributed by atoms with E-state index < -0.39 is 0 Å². The average molecular weight is 209 g/mol. The van der Waals surface area contributed by atoms with Crippen molar-refractivity contribution in [3.63, 3.8) is 0 Å². The summed E-state index contributed by atoms with van der Waals surface area (Å²) in [5.41, 5.74) is 6.91. The zero-order valence-corrected chi connectivity index (χ0v) is 9.27. The van der Waals surface area contributed by atoms with Crippen LogP contribution in [0.15, 0.2) is 18.2 Å². The van der Waals surface area contributed by atoms with Crippen LogP contribution in [0, 0.1) is 5.92 Å². The molecule has 1 rings (SSSR count). The Balaban J connectivity index is 2.60. The number of nitrogens with two attached hydrogens (primary N) is 1. The van der Waals surface area contributed by atoms with E-state index in [0.29, 0.717) is 5.92 Å². The molecule has 0 radical (unpaired) electrons. The standard InChI is InChI=1S/C12H19NO2/c1-8(2)5-10(13)6-9-3-4-11(14)12(15)7-9/h3-4,7-8,10,14-15H,5-6,13H2,1-2H3. The van der Waals surface area contributed by atoms with E-state index in [1.54, 1.807) is 12.1 Å². The smallest absolute Gasteiger partial charge is 0.157 e. The monoisotopic (exact) mass is 209 g/mol. The highest BCUT2D eigenvalue weighted by atomic mass is 16.3. The van der Waals surface area contributed by atoms with Crippen LogP contribution in [0.25, 0.3) is 0 Å². The zero-order chi connectivity index (χ0) is 11.4. The van der Waals surface area contributed by atoms with E-state index in [0.717, 1.165) is 18.4 Å². The van der Waals surface area contributed by atoms with Gasteiger partial charge in [-0.25, -0.2) is 0 Å². The number of rotatable bonds is 4. The van der Waals surface area contributed by atoms with E-state index in [9.17, 15) is 5.11 Å². The fourth-order valence-corrected chi connectivity index (χ4v) is 1.69. The summed E-state index contributed by atoms with van der Waals surface area (Å²) in [5, 5.41) is 18.4. The van der Waals surface area contributed by atoms with Crippen LogP contribution >= 0.6 is 0 Å². The first-order valence-corrected chi connectivity index (χ1v) is 5.25. The van der Waals surface area contributed by atoms with E-state index in [1.807, 2.05) is 0 Å². The van der Waals surface area contributed by atoms with Crippen molar-refractivity contribution in [1.82, 2.24) is 0 Å². The molecule has 1 unspecified atom stereocenters. The third kappa shape index (κ3) is 3.80. The van der Waals surface area contributed by atoms with Crippen molar-refractivity contribution in [3.8, 4) is 11.5 Å². The predicted molar refractivity (Wildman–Crippen MR) is 60.9 cm³/mol. The molecule has 0 spiro atoms. The summed E-state index contributed by atoms with van der Waals surface area (Å²) in [7, 11) is 0. The Labute approximate surface area is 90.5 Å². The molecule has 0 saturated carbocycles. The molecule has 0 bridgehead atoms. The summed E-state index contributed by atoms with van der Waals surface area (Å²) < 4.78 is 0.